The number of nitriles is 1. The van der Waals surface area contributed by atoms with Gasteiger partial charge in [0.1, 0.15) is 17.3 Å². The second kappa shape index (κ2) is 8.56. The molecule has 10 nitrogen and oxygen atoms in total. The number of anilines is 2. The lowest BCUT2D eigenvalue weighted by atomic mass is 9.67. The molecule has 1 atom stereocenters. The number of nitrogens with one attached hydrogen (secondary N) is 1. The number of non-ortho nitro benzene ring substituents is 1. The van der Waals surface area contributed by atoms with Gasteiger partial charge in [0.2, 0.25) is 5.91 Å². The molecule has 1 unspecified atom stereocenters. The van der Waals surface area contributed by atoms with Crippen LogP contribution in [0.5, 0.6) is 0 Å². The maximum absolute atomic E-state index is 14.2. The average molecular weight is 519 g/mol. The summed E-state index contributed by atoms with van der Waals surface area (Å²) in [6.07, 6.45) is 0. The number of fused-ring (bicyclic) bond motifs is 3. The van der Waals surface area contributed by atoms with Gasteiger partial charge < -0.3 is 16.0 Å². The number of nitrogens with zero attached hydrogens (tertiary/aromatic N) is 4. The molecule has 10 heteroatoms. The number of aryl methyl sites for hydroxylation is 1. The van der Waals surface area contributed by atoms with Crippen LogP contribution in [0, 0.1) is 28.4 Å². The zero-order valence-electron chi connectivity index (χ0n) is 20.8. The maximum atomic E-state index is 14.2. The van der Waals surface area contributed by atoms with Gasteiger partial charge in [0.25, 0.3) is 11.6 Å². The third-order valence-corrected chi connectivity index (χ3v) is 7.47. The van der Waals surface area contributed by atoms with Gasteiger partial charge in [-0.1, -0.05) is 48.0 Å². The van der Waals surface area contributed by atoms with Crippen LogP contribution in [0.15, 0.2) is 95.5 Å². The van der Waals surface area contributed by atoms with E-state index in [9.17, 15) is 25.0 Å². The van der Waals surface area contributed by atoms with Crippen LogP contribution < -0.4 is 16.0 Å². The number of nitrogens with two attached hydrogens (primary N) is 1. The van der Waals surface area contributed by atoms with Gasteiger partial charge in [-0.2, -0.15) is 5.26 Å². The van der Waals surface area contributed by atoms with Crippen LogP contribution in [-0.4, -0.2) is 28.2 Å². The van der Waals surface area contributed by atoms with Crippen molar-refractivity contribution in [2.24, 2.45) is 5.73 Å². The minimum Gasteiger partial charge on any atom is -0.384 e. The van der Waals surface area contributed by atoms with Crippen molar-refractivity contribution in [3.05, 3.63) is 122 Å². The molecule has 0 fully saturated rings. The van der Waals surface area contributed by atoms with Gasteiger partial charge in [-0.25, -0.2) is 0 Å². The molecule has 39 heavy (non-hydrogen) atoms. The molecule has 0 aromatic heterocycles. The van der Waals surface area contributed by atoms with Crippen LogP contribution in [0.1, 0.15) is 16.7 Å². The highest BCUT2D eigenvalue weighted by Gasteiger charge is 2.62. The van der Waals surface area contributed by atoms with Crippen molar-refractivity contribution in [3.8, 4) is 6.07 Å². The molecule has 3 heterocycles. The molecule has 192 valence electrons. The monoisotopic (exact) mass is 518 g/mol. The van der Waals surface area contributed by atoms with E-state index < -0.39 is 22.2 Å². The van der Waals surface area contributed by atoms with Crippen LogP contribution in [0.25, 0.3) is 0 Å². The second-order valence-corrected chi connectivity index (χ2v) is 9.70. The molecular weight excluding hydrogens is 496 g/mol. The number of benzene rings is 3. The number of nitro groups is 1. The number of hydrogen-bond acceptors (Lipinski definition) is 7. The first-order valence-electron chi connectivity index (χ1n) is 12.2. The van der Waals surface area contributed by atoms with Gasteiger partial charge >= 0.3 is 0 Å². The Balaban J connectivity index is 1.62. The number of carbonyl (C=O) groups is 2. The Hall–Kier alpha value is -5.43. The standard InChI is InChI=1S/C29H22N6O4/c1-17-7-9-19(10-8-17)34-24-16-33(15-18-5-3-2-4-6-18)27(36)25(24)29(22(14-30)26(34)31)21-13-20(35(38)39)11-12-23(21)32-28(29)37/h2-13H,15-16,31H2,1H3,(H,32,37). The smallest absolute Gasteiger partial charge is 0.269 e. The van der Waals surface area contributed by atoms with E-state index in [0.717, 1.165) is 11.1 Å². The van der Waals surface area contributed by atoms with E-state index in [1.54, 1.807) is 9.80 Å². The van der Waals surface area contributed by atoms with Crippen LogP contribution in [0.4, 0.5) is 17.1 Å². The SMILES string of the molecule is Cc1ccc(N2C(N)=C(C#N)C3(C(=O)Nc4ccc([N+](=O)[O-])cc43)C3=C2CN(Cc2ccccc2)C3=O)cc1. The largest absolute Gasteiger partial charge is 0.384 e. The molecule has 1 spiro atoms. The summed E-state index contributed by atoms with van der Waals surface area (Å²) in [5.74, 6) is -1.10. The van der Waals surface area contributed by atoms with E-state index in [0.29, 0.717) is 11.4 Å². The summed E-state index contributed by atoms with van der Waals surface area (Å²) in [6, 6.07) is 22.9. The third kappa shape index (κ3) is 3.33. The van der Waals surface area contributed by atoms with Crippen molar-refractivity contribution in [3.63, 3.8) is 0 Å². The molecule has 2 amide bonds. The van der Waals surface area contributed by atoms with Crippen LogP contribution in [0.3, 0.4) is 0 Å². The minimum atomic E-state index is -1.93. The van der Waals surface area contributed by atoms with Crippen molar-refractivity contribution in [2.45, 2.75) is 18.9 Å². The molecule has 0 aliphatic carbocycles. The first kappa shape index (κ1) is 23.9. The van der Waals surface area contributed by atoms with Gasteiger partial charge in [-0.05, 0) is 30.7 Å². The van der Waals surface area contributed by atoms with Gasteiger partial charge in [-0.3, -0.25) is 24.6 Å². The molecule has 0 radical (unpaired) electrons. The van der Waals surface area contributed by atoms with Crippen LogP contribution >= 0.6 is 0 Å². The number of carbonyl (C=O) groups excluding carboxylic acids is 2. The van der Waals surface area contributed by atoms with Crippen molar-refractivity contribution in [1.82, 2.24) is 4.90 Å². The predicted octanol–water partition coefficient (Wildman–Crippen LogP) is 3.60. The van der Waals surface area contributed by atoms with Crippen LogP contribution in [-0.2, 0) is 21.5 Å². The van der Waals surface area contributed by atoms with Crippen LogP contribution in [0.2, 0.25) is 0 Å². The van der Waals surface area contributed by atoms with Crippen molar-refractivity contribution in [1.29, 1.82) is 5.26 Å². The normalized spacial score (nSPS) is 19.8. The zero-order valence-corrected chi connectivity index (χ0v) is 20.8. The Kier molecular flexibility index (Phi) is 5.26. The summed E-state index contributed by atoms with van der Waals surface area (Å²) >= 11 is 0. The lowest BCUT2D eigenvalue weighted by molar-refractivity contribution is -0.384. The van der Waals surface area contributed by atoms with Gasteiger partial charge in [0.15, 0.2) is 0 Å². The van der Waals surface area contributed by atoms with E-state index >= 15 is 0 Å². The van der Waals surface area contributed by atoms with E-state index in [4.69, 9.17) is 5.73 Å². The van der Waals surface area contributed by atoms with Gasteiger partial charge in [-0.15, -0.1) is 0 Å². The highest BCUT2D eigenvalue weighted by Crippen LogP contribution is 2.55. The highest BCUT2D eigenvalue weighted by atomic mass is 16.6. The van der Waals surface area contributed by atoms with Crippen molar-refractivity contribution < 1.29 is 14.5 Å². The fourth-order valence-electron chi connectivity index (χ4n) is 5.71. The van der Waals surface area contributed by atoms with E-state index in [-0.39, 0.29) is 47.0 Å². The fraction of sp³-hybridized carbons (Fsp3) is 0.138. The maximum Gasteiger partial charge on any atom is 0.269 e. The van der Waals surface area contributed by atoms with Crippen molar-refractivity contribution >= 4 is 28.9 Å². The number of nitro benzene ring substituents is 1. The molecule has 3 aliphatic heterocycles. The Bertz CT molecular complexity index is 1690. The fourth-order valence-corrected chi connectivity index (χ4v) is 5.71. The molecule has 3 aliphatic rings. The quantitative estimate of drug-likeness (QED) is 0.396. The Morgan fingerprint density at radius 3 is 2.49 bits per heavy atom. The number of hydrogen-bond donors (Lipinski definition) is 2. The zero-order chi connectivity index (χ0) is 27.5. The molecule has 0 bridgehead atoms. The Labute approximate surface area is 223 Å². The average Bonchev–Trinajstić information content (AvgIpc) is 3.39. The first-order valence-corrected chi connectivity index (χ1v) is 12.2. The minimum absolute atomic E-state index is 0.0102. The topological polar surface area (TPSA) is 146 Å². The summed E-state index contributed by atoms with van der Waals surface area (Å²) in [5, 5.41) is 24.9. The molecule has 0 saturated carbocycles. The number of amides is 2. The second-order valence-electron chi connectivity index (χ2n) is 9.70. The highest BCUT2D eigenvalue weighted by molar-refractivity contribution is 6.20. The predicted molar refractivity (Wildman–Crippen MR) is 143 cm³/mol. The van der Waals surface area contributed by atoms with Gasteiger partial charge in [0, 0.05) is 35.6 Å². The van der Waals surface area contributed by atoms with E-state index in [1.807, 2.05) is 61.5 Å². The lowest BCUT2D eigenvalue weighted by Gasteiger charge is -2.38. The molecular formula is C29H22N6O4. The lowest BCUT2D eigenvalue weighted by Crippen LogP contribution is -2.48. The molecule has 3 aromatic carbocycles. The molecule has 3 N–H and O–H groups in total. The number of rotatable bonds is 4. The summed E-state index contributed by atoms with van der Waals surface area (Å²) in [7, 11) is 0. The summed E-state index contributed by atoms with van der Waals surface area (Å²) in [6.45, 7) is 2.32. The summed E-state index contributed by atoms with van der Waals surface area (Å²) in [4.78, 5) is 42.5. The Morgan fingerprint density at radius 1 is 1.10 bits per heavy atom. The van der Waals surface area contributed by atoms with E-state index in [1.165, 1.54) is 18.2 Å². The first-order chi connectivity index (χ1) is 18.8. The van der Waals surface area contributed by atoms with Gasteiger partial charge in [0.05, 0.1) is 28.3 Å². The summed E-state index contributed by atoms with van der Waals surface area (Å²) in [5.41, 5.74) is 7.81. The summed E-state index contributed by atoms with van der Waals surface area (Å²) < 4.78 is 0. The molecule has 0 saturated heterocycles. The Morgan fingerprint density at radius 2 is 1.82 bits per heavy atom. The van der Waals surface area contributed by atoms with Crippen molar-refractivity contribution in [2.75, 3.05) is 16.8 Å². The molecule has 3 aromatic rings. The molecule has 6 rings (SSSR count). The third-order valence-electron chi connectivity index (χ3n) is 7.47. The van der Waals surface area contributed by atoms with E-state index in [2.05, 4.69) is 11.4 Å².